The van der Waals surface area contributed by atoms with Crippen LogP contribution in [0.15, 0.2) is 24.3 Å². The summed E-state index contributed by atoms with van der Waals surface area (Å²) >= 11 is 0. The summed E-state index contributed by atoms with van der Waals surface area (Å²) in [6.07, 6.45) is 0.281. The number of hydrogen-bond donors (Lipinski definition) is 2. The van der Waals surface area contributed by atoms with Crippen LogP contribution < -0.4 is 5.32 Å². The van der Waals surface area contributed by atoms with Gasteiger partial charge in [-0.15, -0.1) is 0 Å². The van der Waals surface area contributed by atoms with Crippen LogP contribution in [0.5, 0.6) is 0 Å². The third-order valence-corrected chi connectivity index (χ3v) is 3.08. The van der Waals surface area contributed by atoms with Crippen LogP contribution in [0.25, 0.3) is 0 Å². The van der Waals surface area contributed by atoms with E-state index in [1.165, 1.54) is 0 Å². The number of aliphatic hydroxyl groups is 1. The third kappa shape index (κ3) is 5.72. The Morgan fingerprint density at radius 3 is 2.75 bits per heavy atom. The average Bonchev–Trinajstić information content (AvgIpc) is 2.35. The molecule has 0 saturated carbocycles. The Labute approximate surface area is 121 Å². The highest BCUT2D eigenvalue weighted by Gasteiger charge is 2.21. The molecule has 0 fully saturated rings. The van der Waals surface area contributed by atoms with Gasteiger partial charge in [0.05, 0.1) is 12.7 Å². The first-order chi connectivity index (χ1) is 9.34. The zero-order valence-electron chi connectivity index (χ0n) is 12.8. The number of rotatable bonds is 7. The summed E-state index contributed by atoms with van der Waals surface area (Å²) in [4.78, 5) is 12.1. The Kier molecular flexibility index (Phi) is 6.17. The van der Waals surface area contributed by atoms with E-state index >= 15 is 0 Å². The van der Waals surface area contributed by atoms with Crippen LogP contribution in [0.4, 0.5) is 0 Å². The first-order valence-electron chi connectivity index (χ1n) is 6.88. The minimum atomic E-state index is -0.369. The number of hydrogen-bond acceptors (Lipinski definition) is 3. The van der Waals surface area contributed by atoms with Crippen molar-refractivity contribution < 1.29 is 14.6 Å². The minimum Gasteiger partial charge on any atom is -0.393 e. The first kappa shape index (κ1) is 16.7. The topological polar surface area (TPSA) is 58.6 Å². The number of ether oxygens (including phenoxy) is 1. The molecular formula is C16H25NO3. The molecule has 1 amide bonds. The lowest BCUT2D eigenvalue weighted by Gasteiger charge is -2.26. The SMILES string of the molecule is COCc1cccc(C(=O)NCC(C)(C)CC(C)O)c1. The van der Waals surface area contributed by atoms with Gasteiger partial charge >= 0.3 is 0 Å². The lowest BCUT2D eigenvalue weighted by molar-refractivity contribution is 0.0901. The Morgan fingerprint density at radius 2 is 2.15 bits per heavy atom. The van der Waals surface area contributed by atoms with Gasteiger partial charge in [0, 0.05) is 19.2 Å². The van der Waals surface area contributed by atoms with Gasteiger partial charge in [0.15, 0.2) is 0 Å². The van der Waals surface area contributed by atoms with Crippen molar-refractivity contribution in [3.05, 3.63) is 35.4 Å². The summed E-state index contributed by atoms with van der Waals surface area (Å²) < 4.78 is 5.06. The number of benzene rings is 1. The van der Waals surface area contributed by atoms with Crippen molar-refractivity contribution in [3.8, 4) is 0 Å². The molecular weight excluding hydrogens is 254 g/mol. The quantitative estimate of drug-likeness (QED) is 0.805. The maximum atomic E-state index is 12.1. The van der Waals surface area contributed by atoms with Crippen molar-refractivity contribution in [1.29, 1.82) is 0 Å². The predicted octanol–water partition coefficient (Wildman–Crippen LogP) is 2.36. The predicted molar refractivity (Wildman–Crippen MR) is 79.6 cm³/mol. The molecule has 0 aliphatic heterocycles. The molecule has 0 radical (unpaired) electrons. The van der Waals surface area contributed by atoms with E-state index in [0.29, 0.717) is 25.1 Å². The molecule has 0 aromatic heterocycles. The summed E-state index contributed by atoms with van der Waals surface area (Å²) in [6.45, 7) is 6.85. The van der Waals surface area contributed by atoms with E-state index in [4.69, 9.17) is 4.74 Å². The summed E-state index contributed by atoms with van der Waals surface area (Å²) in [5, 5.41) is 12.4. The van der Waals surface area contributed by atoms with Gasteiger partial charge in [0.2, 0.25) is 0 Å². The average molecular weight is 279 g/mol. The van der Waals surface area contributed by atoms with Crippen molar-refractivity contribution in [1.82, 2.24) is 5.32 Å². The largest absolute Gasteiger partial charge is 0.393 e. The molecule has 1 rings (SSSR count). The third-order valence-electron chi connectivity index (χ3n) is 3.08. The molecule has 1 atom stereocenters. The van der Waals surface area contributed by atoms with E-state index in [9.17, 15) is 9.90 Å². The van der Waals surface area contributed by atoms with E-state index in [-0.39, 0.29) is 17.4 Å². The lowest BCUT2D eigenvalue weighted by Crippen LogP contribution is -2.35. The van der Waals surface area contributed by atoms with Crippen LogP contribution in [0.3, 0.4) is 0 Å². The Balaban J connectivity index is 2.60. The normalized spacial score (nSPS) is 13.1. The number of methoxy groups -OCH3 is 1. The maximum Gasteiger partial charge on any atom is 0.251 e. The summed E-state index contributed by atoms with van der Waals surface area (Å²) in [7, 11) is 1.63. The van der Waals surface area contributed by atoms with Gasteiger partial charge in [0.1, 0.15) is 0 Å². The van der Waals surface area contributed by atoms with Crippen molar-refractivity contribution in [3.63, 3.8) is 0 Å². The second-order valence-corrected chi connectivity index (χ2v) is 6.03. The van der Waals surface area contributed by atoms with E-state index in [1.54, 1.807) is 20.1 Å². The van der Waals surface area contributed by atoms with Crippen LogP contribution in [-0.2, 0) is 11.3 Å². The standard InChI is InChI=1S/C16H25NO3/c1-12(18)9-16(2,3)11-17-15(19)14-7-5-6-13(8-14)10-20-4/h5-8,12,18H,9-11H2,1-4H3,(H,17,19). The molecule has 20 heavy (non-hydrogen) atoms. The van der Waals surface area contributed by atoms with Gasteiger partial charge in [-0.1, -0.05) is 26.0 Å². The number of amides is 1. The van der Waals surface area contributed by atoms with Gasteiger partial charge in [0.25, 0.3) is 5.91 Å². The van der Waals surface area contributed by atoms with Crippen LogP contribution in [-0.4, -0.2) is 30.8 Å². The van der Waals surface area contributed by atoms with Crippen molar-refractivity contribution in [2.45, 2.75) is 39.9 Å². The molecule has 1 aromatic rings. The van der Waals surface area contributed by atoms with E-state index in [1.807, 2.05) is 32.0 Å². The lowest BCUT2D eigenvalue weighted by atomic mass is 9.87. The molecule has 0 spiro atoms. The number of aliphatic hydroxyl groups excluding tert-OH is 1. The Bertz CT molecular complexity index is 441. The molecule has 1 aromatic carbocycles. The van der Waals surface area contributed by atoms with Crippen LogP contribution in [0, 0.1) is 5.41 Å². The molecule has 0 aliphatic carbocycles. The van der Waals surface area contributed by atoms with Crippen LogP contribution >= 0.6 is 0 Å². The van der Waals surface area contributed by atoms with Gasteiger partial charge in [-0.3, -0.25) is 4.79 Å². The fourth-order valence-corrected chi connectivity index (χ4v) is 2.26. The summed E-state index contributed by atoms with van der Waals surface area (Å²) in [5.74, 6) is -0.0957. The van der Waals surface area contributed by atoms with Gasteiger partial charge in [-0.25, -0.2) is 0 Å². The molecule has 112 valence electrons. The summed E-state index contributed by atoms with van der Waals surface area (Å²) in [5.41, 5.74) is 1.48. The zero-order chi connectivity index (χ0) is 15.2. The summed E-state index contributed by atoms with van der Waals surface area (Å²) in [6, 6.07) is 7.40. The number of carbonyl (C=O) groups excluding carboxylic acids is 1. The Hall–Kier alpha value is -1.39. The molecule has 0 heterocycles. The number of nitrogens with one attached hydrogen (secondary N) is 1. The van der Waals surface area contributed by atoms with E-state index in [0.717, 1.165) is 5.56 Å². The molecule has 4 nitrogen and oxygen atoms in total. The zero-order valence-corrected chi connectivity index (χ0v) is 12.8. The fraction of sp³-hybridized carbons (Fsp3) is 0.562. The molecule has 1 unspecified atom stereocenters. The second kappa shape index (κ2) is 7.41. The maximum absolute atomic E-state index is 12.1. The molecule has 4 heteroatoms. The monoisotopic (exact) mass is 279 g/mol. The van der Waals surface area contributed by atoms with Crippen molar-refractivity contribution in [2.24, 2.45) is 5.41 Å². The smallest absolute Gasteiger partial charge is 0.251 e. The minimum absolute atomic E-state index is 0.0957. The van der Waals surface area contributed by atoms with Crippen molar-refractivity contribution >= 4 is 5.91 Å². The van der Waals surface area contributed by atoms with E-state index in [2.05, 4.69) is 5.32 Å². The van der Waals surface area contributed by atoms with Crippen LogP contribution in [0.2, 0.25) is 0 Å². The first-order valence-corrected chi connectivity index (χ1v) is 6.88. The molecule has 2 N–H and O–H groups in total. The van der Waals surface area contributed by atoms with Gasteiger partial charge in [-0.2, -0.15) is 0 Å². The second-order valence-electron chi connectivity index (χ2n) is 6.03. The highest BCUT2D eigenvalue weighted by Crippen LogP contribution is 2.21. The molecule has 0 saturated heterocycles. The van der Waals surface area contributed by atoms with E-state index < -0.39 is 0 Å². The highest BCUT2D eigenvalue weighted by atomic mass is 16.5. The molecule has 0 aliphatic rings. The van der Waals surface area contributed by atoms with Gasteiger partial charge in [-0.05, 0) is 36.5 Å². The van der Waals surface area contributed by atoms with Crippen LogP contribution in [0.1, 0.15) is 43.1 Å². The fourth-order valence-electron chi connectivity index (χ4n) is 2.26. The highest BCUT2D eigenvalue weighted by molar-refractivity contribution is 5.94. The van der Waals surface area contributed by atoms with Gasteiger partial charge < -0.3 is 15.2 Å². The van der Waals surface area contributed by atoms with Crippen molar-refractivity contribution in [2.75, 3.05) is 13.7 Å². The number of carbonyl (C=O) groups is 1. The Morgan fingerprint density at radius 1 is 1.45 bits per heavy atom. The molecule has 0 bridgehead atoms.